The summed E-state index contributed by atoms with van der Waals surface area (Å²) in [7, 11) is 3.54. The Morgan fingerprint density at radius 1 is 1.47 bits per heavy atom. The van der Waals surface area contributed by atoms with E-state index in [0.29, 0.717) is 5.69 Å². The third-order valence-electron chi connectivity index (χ3n) is 1.60. The summed E-state index contributed by atoms with van der Waals surface area (Å²) >= 11 is 0. The molecule has 1 aromatic carbocycles. The van der Waals surface area contributed by atoms with Crippen molar-refractivity contribution >= 4 is 11.7 Å². The Balaban J connectivity index is 2.78. The Hall–Kier alpha value is -1.91. The van der Waals surface area contributed by atoms with Gasteiger partial charge in [0, 0.05) is 14.1 Å². The van der Waals surface area contributed by atoms with Crippen molar-refractivity contribution in [1.29, 1.82) is 0 Å². The van der Waals surface area contributed by atoms with Gasteiger partial charge in [0.05, 0.1) is 12.1 Å². The molecule has 0 fully saturated rings. The molecule has 0 atom stereocenters. The van der Waals surface area contributed by atoms with E-state index in [4.69, 9.17) is 5.11 Å². The molecule has 0 amide bonds. The number of nitrogens with zero attached hydrogens (tertiary/aromatic N) is 3. The Labute approximate surface area is 88.0 Å². The highest BCUT2D eigenvalue weighted by atomic mass is 16.4. The standard InChI is InChI=1S/C10H13N3O2/c1-13(2)12-11-9-5-3-4-8(6-9)7-10(14)15/h3-6H,7H2,1-2H3,(H,14,15). The van der Waals surface area contributed by atoms with Gasteiger partial charge in [-0.2, -0.15) is 0 Å². The minimum Gasteiger partial charge on any atom is -0.481 e. The van der Waals surface area contributed by atoms with E-state index in [0.717, 1.165) is 5.56 Å². The lowest BCUT2D eigenvalue weighted by molar-refractivity contribution is -0.136. The van der Waals surface area contributed by atoms with E-state index in [-0.39, 0.29) is 6.42 Å². The van der Waals surface area contributed by atoms with E-state index in [2.05, 4.69) is 10.3 Å². The lowest BCUT2D eigenvalue weighted by Gasteiger charge is -2.01. The molecule has 1 rings (SSSR count). The van der Waals surface area contributed by atoms with Crippen molar-refractivity contribution in [2.24, 2.45) is 10.3 Å². The number of carboxylic acid groups (broad SMARTS) is 1. The van der Waals surface area contributed by atoms with Gasteiger partial charge in [0.15, 0.2) is 0 Å². The zero-order valence-corrected chi connectivity index (χ0v) is 8.71. The summed E-state index contributed by atoms with van der Waals surface area (Å²) in [4.78, 5) is 10.5. The lowest BCUT2D eigenvalue weighted by Crippen LogP contribution is -2.00. The van der Waals surface area contributed by atoms with Crippen LogP contribution in [0.25, 0.3) is 0 Å². The maximum atomic E-state index is 10.5. The highest BCUT2D eigenvalue weighted by Crippen LogP contribution is 2.15. The largest absolute Gasteiger partial charge is 0.481 e. The highest BCUT2D eigenvalue weighted by Gasteiger charge is 2.00. The van der Waals surface area contributed by atoms with Crippen molar-refractivity contribution in [3.05, 3.63) is 29.8 Å². The van der Waals surface area contributed by atoms with E-state index < -0.39 is 5.97 Å². The number of hydrogen-bond acceptors (Lipinski definition) is 3. The molecule has 0 bridgehead atoms. The van der Waals surface area contributed by atoms with Crippen molar-refractivity contribution in [2.75, 3.05) is 14.1 Å². The molecule has 0 aliphatic heterocycles. The smallest absolute Gasteiger partial charge is 0.307 e. The van der Waals surface area contributed by atoms with E-state index in [1.807, 2.05) is 0 Å². The van der Waals surface area contributed by atoms with Gasteiger partial charge < -0.3 is 5.11 Å². The number of rotatable bonds is 4. The predicted molar refractivity (Wildman–Crippen MR) is 56.0 cm³/mol. The Morgan fingerprint density at radius 2 is 2.20 bits per heavy atom. The van der Waals surface area contributed by atoms with Crippen LogP contribution in [0.2, 0.25) is 0 Å². The fraction of sp³-hybridized carbons (Fsp3) is 0.300. The van der Waals surface area contributed by atoms with E-state index in [1.54, 1.807) is 43.4 Å². The van der Waals surface area contributed by atoms with E-state index in [9.17, 15) is 4.79 Å². The SMILES string of the molecule is CN(C)N=Nc1cccc(CC(=O)O)c1. The molecule has 0 heterocycles. The molecule has 0 spiro atoms. The van der Waals surface area contributed by atoms with Crippen LogP contribution in [0.3, 0.4) is 0 Å². The summed E-state index contributed by atoms with van der Waals surface area (Å²) < 4.78 is 0. The zero-order chi connectivity index (χ0) is 11.3. The highest BCUT2D eigenvalue weighted by molar-refractivity contribution is 5.70. The molecule has 80 valence electrons. The predicted octanol–water partition coefficient (Wildman–Crippen LogP) is 1.87. The van der Waals surface area contributed by atoms with Crippen molar-refractivity contribution in [2.45, 2.75) is 6.42 Å². The third kappa shape index (κ3) is 4.21. The molecule has 5 nitrogen and oxygen atoms in total. The molecule has 15 heavy (non-hydrogen) atoms. The summed E-state index contributed by atoms with van der Waals surface area (Å²) in [5.41, 5.74) is 1.38. The number of carbonyl (C=O) groups is 1. The van der Waals surface area contributed by atoms with Crippen molar-refractivity contribution in [1.82, 2.24) is 5.01 Å². The zero-order valence-electron chi connectivity index (χ0n) is 8.71. The van der Waals surface area contributed by atoms with Gasteiger partial charge in [0.1, 0.15) is 0 Å². The van der Waals surface area contributed by atoms with Crippen LogP contribution in [0.15, 0.2) is 34.6 Å². The minimum atomic E-state index is -0.850. The number of hydrogen-bond donors (Lipinski definition) is 1. The van der Waals surface area contributed by atoms with Gasteiger partial charge in [-0.1, -0.05) is 17.4 Å². The van der Waals surface area contributed by atoms with Crippen molar-refractivity contribution in [3.8, 4) is 0 Å². The molecule has 0 radical (unpaired) electrons. The molecule has 1 N–H and O–H groups in total. The molecule has 0 aromatic heterocycles. The summed E-state index contributed by atoms with van der Waals surface area (Å²) in [5.74, 6) is -0.850. The van der Waals surface area contributed by atoms with E-state index in [1.165, 1.54) is 0 Å². The third-order valence-corrected chi connectivity index (χ3v) is 1.60. The van der Waals surface area contributed by atoms with Crippen LogP contribution in [0.1, 0.15) is 5.56 Å². The molecule has 0 saturated carbocycles. The summed E-state index contributed by atoms with van der Waals surface area (Å²) in [6, 6.07) is 7.00. The fourth-order valence-corrected chi connectivity index (χ4v) is 1.04. The molecular formula is C10H13N3O2. The van der Waals surface area contributed by atoms with Crippen LogP contribution in [-0.4, -0.2) is 30.2 Å². The van der Waals surface area contributed by atoms with Crippen LogP contribution in [-0.2, 0) is 11.2 Å². The van der Waals surface area contributed by atoms with Gasteiger partial charge in [-0.3, -0.25) is 9.80 Å². The number of carboxylic acids is 1. The molecule has 0 saturated heterocycles. The second-order valence-corrected chi connectivity index (χ2v) is 3.28. The molecule has 0 aliphatic rings. The number of aliphatic carboxylic acids is 1. The van der Waals surface area contributed by atoms with Crippen molar-refractivity contribution < 1.29 is 9.90 Å². The quantitative estimate of drug-likeness (QED) is 0.605. The Kier molecular flexibility index (Phi) is 3.79. The summed E-state index contributed by atoms with van der Waals surface area (Å²) in [6.45, 7) is 0. The number of benzene rings is 1. The maximum absolute atomic E-state index is 10.5. The second-order valence-electron chi connectivity index (χ2n) is 3.28. The van der Waals surface area contributed by atoms with Crippen LogP contribution in [0.5, 0.6) is 0 Å². The van der Waals surface area contributed by atoms with Gasteiger partial charge in [0.2, 0.25) is 0 Å². The Bertz CT molecular complexity index is 375. The first kappa shape index (κ1) is 11.2. The molecule has 0 aliphatic carbocycles. The first-order valence-corrected chi connectivity index (χ1v) is 4.47. The molecular weight excluding hydrogens is 194 g/mol. The fourth-order valence-electron chi connectivity index (χ4n) is 1.04. The first-order chi connectivity index (χ1) is 7.08. The first-order valence-electron chi connectivity index (χ1n) is 4.47. The van der Waals surface area contributed by atoms with Gasteiger partial charge >= 0.3 is 5.97 Å². The monoisotopic (exact) mass is 207 g/mol. The van der Waals surface area contributed by atoms with Gasteiger partial charge in [-0.05, 0) is 17.7 Å². The minimum absolute atomic E-state index is 0.00528. The van der Waals surface area contributed by atoms with Gasteiger partial charge in [-0.25, -0.2) is 0 Å². The summed E-state index contributed by atoms with van der Waals surface area (Å²) in [5, 5.41) is 17.9. The van der Waals surface area contributed by atoms with Gasteiger partial charge in [0.25, 0.3) is 0 Å². The topological polar surface area (TPSA) is 65.3 Å². The summed E-state index contributed by atoms with van der Waals surface area (Å²) in [6.07, 6.45) is 0.00528. The average molecular weight is 207 g/mol. The second kappa shape index (κ2) is 5.09. The van der Waals surface area contributed by atoms with Crippen LogP contribution >= 0.6 is 0 Å². The van der Waals surface area contributed by atoms with Crippen LogP contribution in [0, 0.1) is 0 Å². The van der Waals surface area contributed by atoms with Crippen LogP contribution < -0.4 is 0 Å². The molecule has 5 heteroatoms. The molecule has 1 aromatic rings. The van der Waals surface area contributed by atoms with Crippen molar-refractivity contribution in [3.63, 3.8) is 0 Å². The average Bonchev–Trinajstić information content (AvgIpc) is 2.14. The lowest BCUT2D eigenvalue weighted by atomic mass is 10.1. The normalized spacial score (nSPS) is 10.5. The van der Waals surface area contributed by atoms with Crippen LogP contribution in [0.4, 0.5) is 5.69 Å². The Morgan fingerprint density at radius 3 is 2.80 bits per heavy atom. The molecule has 0 unspecified atom stereocenters. The maximum Gasteiger partial charge on any atom is 0.307 e. The van der Waals surface area contributed by atoms with Gasteiger partial charge in [-0.15, -0.1) is 5.11 Å². The van der Waals surface area contributed by atoms with E-state index >= 15 is 0 Å².